The highest BCUT2D eigenvalue weighted by molar-refractivity contribution is 6.06. The van der Waals surface area contributed by atoms with E-state index >= 15 is 0 Å². The third-order valence-electron chi connectivity index (χ3n) is 7.77. The average Bonchev–Trinajstić information content (AvgIpc) is 3.70. The molecule has 1 N–H and O–H groups in total. The molecule has 5 rings (SSSR count). The highest BCUT2D eigenvalue weighted by Crippen LogP contribution is 2.45. The number of amides is 2. The molecule has 198 valence electrons. The molecular formula is C28H28F3N5O2. The first-order valence-corrected chi connectivity index (χ1v) is 12.7. The summed E-state index contributed by atoms with van der Waals surface area (Å²) in [6.45, 7) is 2.96. The Hall–Kier alpha value is -3.87. The number of fused-ring (bicyclic) bond motifs is 1. The summed E-state index contributed by atoms with van der Waals surface area (Å²) in [4.78, 5) is 31.8. The minimum absolute atomic E-state index is 0.00911. The number of rotatable bonds is 5. The number of piperidine rings is 1. The van der Waals surface area contributed by atoms with Crippen molar-refractivity contribution < 1.29 is 22.8 Å². The second-order valence-corrected chi connectivity index (χ2v) is 10.3. The minimum Gasteiger partial charge on any atom is -0.342 e. The summed E-state index contributed by atoms with van der Waals surface area (Å²) in [5.74, 6) is -0.366. The summed E-state index contributed by atoms with van der Waals surface area (Å²) in [6, 6.07) is 7.68. The molecule has 1 aliphatic carbocycles. The molecule has 1 saturated carbocycles. The first-order chi connectivity index (χ1) is 18.1. The second kappa shape index (κ2) is 9.78. The number of aryl methyl sites for hydroxylation is 1. The van der Waals surface area contributed by atoms with E-state index in [-0.39, 0.29) is 39.9 Å². The van der Waals surface area contributed by atoms with Crippen LogP contribution in [0.2, 0.25) is 0 Å². The highest BCUT2D eigenvalue weighted by Gasteiger charge is 2.40. The molecule has 2 aliphatic rings. The Morgan fingerprint density at radius 2 is 1.89 bits per heavy atom. The predicted molar refractivity (Wildman–Crippen MR) is 135 cm³/mol. The number of aromatic nitrogens is 2. The molecule has 1 saturated heterocycles. The van der Waals surface area contributed by atoms with Gasteiger partial charge in [0.05, 0.1) is 29.1 Å². The zero-order valence-corrected chi connectivity index (χ0v) is 21.2. The van der Waals surface area contributed by atoms with Gasteiger partial charge in [-0.15, -0.1) is 0 Å². The van der Waals surface area contributed by atoms with Crippen molar-refractivity contribution in [3.05, 3.63) is 58.9 Å². The smallest absolute Gasteiger partial charge is 0.342 e. The molecule has 38 heavy (non-hydrogen) atoms. The number of pyridine rings is 1. The molecule has 3 aromatic rings. The van der Waals surface area contributed by atoms with Crippen LogP contribution in [-0.4, -0.2) is 39.4 Å². The largest absolute Gasteiger partial charge is 0.419 e. The lowest BCUT2D eigenvalue weighted by Crippen LogP contribution is -2.41. The maximum absolute atomic E-state index is 14.6. The van der Waals surface area contributed by atoms with Crippen molar-refractivity contribution in [3.8, 4) is 6.07 Å². The first kappa shape index (κ1) is 25.8. The molecule has 1 unspecified atom stereocenters. The molecule has 7 nitrogen and oxygen atoms in total. The van der Waals surface area contributed by atoms with Gasteiger partial charge in [0.1, 0.15) is 5.65 Å². The summed E-state index contributed by atoms with van der Waals surface area (Å²) in [5.41, 5.74) is -0.378. The van der Waals surface area contributed by atoms with Crippen molar-refractivity contribution in [2.24, 2.45) is 18.9 Å². The Morgan fingerprint density at radius 1 is 1.18 bits per heavy atom. The number of anilines is 1. The predicted octanol–water partition coefficient (Wildman–Crippen LogP) is 5.47. The third kappa shape index (κ3) is 4.85. The molecule has 2 fully saturated rings. The third-order valence-corrected chi connectivity index (χ3v) is 7.77. The van der Waals surface area contributed by atoms with Crippen LogP contribution in [-0.2, 0) is 18.0 Å². The SMILES string of the molecule is CC(C(=O)N1CCC(c2cn(C)c3ncc(NC(=O)c4cccc(C#N)c4)c(C(F)(F)F)c23)CC1)C1CC1. The summed E-state index contributed by atoms with van der Waals surface area (Å²) < 4.78 is 45.3. The lowest BCUT2D eigenvalue weighted by molar-refractivity contribution is -0.137. The molecule has 3 heterocycles. The highest BCUT2D eigenvalue weighted by atomic mass is 19.4. The van der Waals surface area contributed by atoms with E-state index in [0.717, 1.165) is 19.0 Å². The van der Waals surface area contributed by atoms with Crippen LogP contribution >= 0.6 is 0 Å². The van der Waals surface area contributed by atoms with Gasteiger partial charge in [0.25, 0.3) is 5.91 Å². The molecule has 0 spiro atoms. The van der Waals surface area contributed by atoms with E-state index in [9.17, 15) is 22.8 Å². The molecule has 2 aromatic heterocycles. The van der Waals surface area contributed by atoms with Crippen LogP contribution in [0, 0.1) is 23.2 Å². The Labute approximate surface area is 218 Å². The van der Waals surface area contributed by atoms with Crippen molar-refractivity contribution in [1.82, 2.24) is 14.5 Å². The minimum atomic E-state index is -4.76. The van der Waals surface area contributed by atoms with Crippen molar-refractivity contribution in [2.75, 3.05) is 18.4 Å². The van der Waals surface area contributed by atoms with Gasteiger partial charge in [0.15, 0.2) is 0 Å². The van der Waals surface area contributed by atoms with Crippen molar-refractivity contribution in [2.45, 2.75) is 44.7 Å². The molecule has 2 amide bonds. The summed E-state index contributed by atoms with van der Waals surface area (Å²) >= 11 is 0. The number of nitrogens with zero attached hydrogens (tertiary/aromatic N) is 4. The van der Waals surface area contributed by atoms with Gasteiger partial charge in [-0.1, -0.05) is 13.0 Å². The average molecular weight is 524 g/mol. The van der Waals surface area contributed by atoms with E-state index in [2.05, 4.69) is 10.3 Å². The molecule has 0 radical (unpaired) electrons. The summed E-state index contributed by atoms with van der Waals surface area (Å²) in [7, 11) is 1.65. The van der Waals surface area contributed by atoms with Crippen molar-refractivity contribution >= 4 is 28.5 Å². The Kier molecular flexibility index (Phi) is 6.63. The lowest BCUT2D eigenvalue weighted by Gasteiger charge is -2.34. The summed E-state index contributed by atoms with van der Waals surface area (Å²) in [5, 5.41) is 11.4. The molecular weight excluding hydrogens is 495 g/mol. The second-order valence-electron chi connectivity index (χ2n) is 10.3. The van der Waals surface area contributed by atoms with Crippen LogP contribution in [0.4, 0.5) is 18.9 Å². The fourth-order valence-corrected chi connectivity index (χ4v) is 5.50. The van der Waals surface area contributed by atoms with E-state index in [4.69, 9.17) is 5.26 Å². The van der Waals surface area contributed by atoms with Crippen LogP contribution in [0.3, 0.4) is 0 Å². The number of nitrogens with one attached hydrogen (secondary N) is 1. The van der Waals surface area contributed by atoms with Crippen LogP contribution < -0.4 is 5.32 Å². The Morgan fingerprint density at radius 3 is 2.53 bits per heavy atom. The monoisotopic (exact) mass is 523 g/mol. The number of carbonyl (C=O) groups excluding carboxylic acids is 2. The van der Waals surface area contributed by atoms with E-state index in [1.807, 2.05) is 17.9 Å². The number of hydrogen-bond donors (Lipinski definition) is 1. The van der Waals surface area contributed by atoms with E-state index in [0.29, 0.717) is 37.4 Å². The maximum atomic E-state index is 14.6. The van der Waals surface area contributed by atoms with Gasteiger partial charge < -0.3 is 14.8 Å². The molecule has 1 aromatic carbocycles. The van der Waals surface area contributed by atoms with Crippen LogP contribution in [0.5, 0.6) is 0 Å². The Balaban J connectivity index is 1.47. The zero-order chi connectivity index (χ0) is 27.2. The van der Waals surface area contributed by atoms with Gasteiger partial charge in [-0.3, -0.25) is 9.59 Å². The van der Waals surface area contributed by atoms with Gasteiger partial charge in [-0.2, -0.15) is 18.4 Å². The molecule has 1 aliphatic heterocycles. The van der Waals surface area contributed by atoms with Crippen LogP contribution in [0.15, 0.2) is 36.7 Å². The number of nitriles is 1. The normalized spacial score (nSPS) is 17.3. The molecule has 10 heteroatoms. The zero-order valence-electron chi connectivity index (χ0n) is 21.2. The van der Waals surface area contributed by atoms with Crippen LogP contribution in [0.25, 0.3) is 11.0 Å². The van der Waals surface area contributed by atoms with E-state index in [1.165, 1.54) is 24.3 Å². The number of hydrogen-bond acceptors (Lipinski definition) is 4. The summed E-state index contributed by atoms with van der Waals surface area (Å²) in [6.07, 6.45) is 1.22. The van der Waals surface area contributed by atoms with Crippen molar-refractivity contribution in [3.63, 3.8) is 0 Å². The number of carbonyl (C=O) groups is 2. The van der Waals surface area contributed by atoms with Gasteiger partial charge >= 0.3 is 6.18 Å². The number of alkyl halides is 3. The van der Waals surface area contributed by atoms with Gasteiger partial charge in [-0.05, 0) is 61.3 Å². The maximum Gasteiger partial charge on any atom is 0.419 e. The fourth-order valence-electron chi connectivity index (χ4n) is 5.50. The Bertz CT molecular complexity index is 1440. The molecule has 0 bridgehead atoms. The standard InChI is InChI=1S/C28H28F3N5O2/c1-16(18-6-7-18)27(38)36-10-8-19(9-11-36)21-15-35(2)25-23(21)24(28(29,30)31)22(14-33-25)34-26(37)20-5-3-4-17(12-20)13-32/h3-5,12,14-16,18-19H,6-11H2,1-2H3,(H,34,37). The molecule has 1 atom stereocenters. The number of benzene rings is 1. The van der Waals surface area contributed by atoms with Crippen LogP contribution in [0.1, 0.15) is 65.6 Å². The quantitative estimate of drug-likeness (QED) is 0.480. The number of halogens is 3. The lowest BCUT2D eigenvalue weighted by atomic mass is 9.87. The number of likely N-dealkylation sites (tertiary alicyclic amines) is 1. The fraction of sp³-hybridized carbons (Fsp3) is 0.429. The van der Waals surface area contributed by atoms with Gasteiger partial charge in [-0.25, -0.2) is 4.98 Å². The van der Waals surface area contributed by atoms with Crippen molar-refractivity contribution in [1.29, 1.82) is 5.26 Å². The van der Waals surface area contributed by atoms with E-state index < -0.39 is 23.3 Å². The first-order valence-electron chi connectivity index (χ1n) is 12.7. The topological polar surface area (TPSA) is 91.0 Å². The van der Waals surface area contributed by atoms with Gasteiger partial charge in [0.2, 0.25) is 5.91 Å². The van der Waals surface area contributed by atoms with Gasteiger partial charge in [0, 0.05) is 43.2 Å². The van der Waals surface area contributed by atoms with E-state index in [1.54, 1.807) is 17.8 Å².